The van der Waals surface area contributed by atoms with Crippen LogP contribution in [0, 0.1) is 27.7 Å². The Morgan fingerprint density at radius 3 is 1.40 bits per heavy atom. The highest BCUT2D eigenvalue weighted by Gasteiger charge is 2.80. The molecule has 2 N–H and O–H groups in total. The van der Waals surface area contributed by atoms with Gasteiger partial charge in [-0.1, -0.05) is 12.8 Å². The molecule has 2 aliphatic carbocycles. The average Bonchev–Trinajstić information content (AvgIpc) is 3.25. The van der Waals surface area contributed by atoms with Crippen LogP contribution in [0.15, 0.2) is 0 Å². The maximum Gasteiger partial charge on any atom is 0.380 e. The summed E-state index contributed by atoms with van der Waals surface area (Å²) in [5.74, 6) is -15.5. The zero-order valence-corrected chi connectivity index (χ0v) is 21.6. The number of nitrogens with one attached hydrogen (secondary N) is 2. The Balaban J connectivity index is 1.81. The van der Waals surface area contributed by atoms with Crippen LogP contribution in [0.3, 0.4) is 0 Å². The van der Waals surface area contributed by atoms with Crippen molar-refractivity contribution in [3.05, 3.63) is 41.8 Å². The number of fused-ring (bicyclic) bond motifs is 7. The first-order valence-corrected chi connectivity index (χ1v) is 13.5. The van der Waals surface area contributed by atoms with E-state index in [0.29, 0.717) is 45.1 Å². The molecule has 2 aromatic heterocycles. The molecule has 35 heavy (non-hydrogen) atoms. The summed E-state index contributed by atoms with van der Waals surface area (Å²) in [6, 6.07) is 0.341. The fourth-order valence-corrected chi connectivity index (χ4v) is 8.33. The quantitative estimate of drug-likeness (QED) is 0.345. The van der Waals surface area contributed by atoms with Crippen LogP contribution in [0.5, 0.6) is 0 Å². The minimum Gasteiger partial charge on any atom is -0.308 e. The second-order valence-electron chi connectivity index (χ2n) is 9.91. The summed E-state index contributed by atoms with van der Waals surface area (Å²) < 4.78 is 90.9. The summed E-state index contributed by atoms with van der Waals surface area (Å²) in [7, 11) is 0. The molecule has 0 spiro atoms. The van der Waals surface area contributed by atoms with E-state index >= 15 is 17.6 Å². The van der Waals surface area contributed by atoms with E-state index in [4.69, 9.17) is 0 Å². The minimum atomic E-state index is -5.53. The highest BCUT2D eigenvalue weighted by atomic mass is 32.1. The summed E-state index contributed by atoms with van der Waals surface area (Å²) in [6.07, 6.45) is 4.09. The fourth-order valence-electron chi connectivity index (χ4n) is 5.80. The molecule has 3 heterocycles. The van der Waals surface area contributed by atoms with Crippen LogP contribution in [-0.4, -0.2) is 29.9 Å². The van der Waals surface area contributed by atoms with Crippen molar-refractivity contribution in [2.45, 2.75) is 96.3 Å². The van der Waals surface area contributed by atoms with Crippen molar-refractivity contribution in [2.24, 2.45) is 0 Å². The number of hydrogen-bond acceptors (Lipinski definition) is 4. The predicted molar refractivity (Wildman–Crippen MR) is 129 cm³/mol. The first-order chi connectivity index (χ1) is 16.3. The van der Waals surface area contributed by atoms with Crippen molar-refractivity contribution in [1.82, 2.24) is 10.6 Å². The average molecular weight is 535 g/mol. The second-order valence-corrected chi connectivity index (χ2v) is 12.4. The predicted octanol–water partition coefficient (Wildman–Crippen LogP) is 7.38. The molecule has 1 saturated carbocycles. The number of allylic oxidation sites excluding steroid dienone is 2. The monoisotopic (exact) mass is 534 g/mol. The lowest BCUT2D eigenvalue weighted by atomic mass is 9.89. The molecule has 3 aliphatic rings. The SMILES string of the molecule is Cc1sc2c(C)c1CN[C@H]1CCCC[C@@H]1NCc1c(C)sc(c1C)C1=C2C(F)(F)C(F)(F)C1(F)F. The van der Waals surface area contributed by atoms with Crippen LogP contribution in [-0.2, 0) is 13.1 Å². The Labute approximate surface area is 208 Å². The Kier molecular flexibility index (Phi) is 6.02. The van der Waals surface area contributed by atoms with E-state index in [1.54, 1.807) is 27.7 Å². The van der Waals surface area contributed by atoms with Crippen molar-refractivity contribution in [3.8, 4) is 0 Å². The first kappa shape index (κ1) is 25.3. The number of halogens is 6. The molecule has 10 heteroatoms. The van der Waals surface area contributed by atoms with Crippen LogP contribution >= 0.6 is 22.7 Å². The third kappa shape index (κ3) is 3.49. The van der Waals surface area contributed by atoms with Crippen molar-refractivity contribution in [2.75, 3.05) is 0 Å². The van der Waals surface area contributed by atoms with E-state index in [9.17, 15) is 8.78 Å². The van der Waals surface area contributed by atoms with Crippen LogP contribution in [0.1, 0.15) is 67.4 Å². The van der Waals surface area contributed by atoms with E-state index in [-0.39, 0.29) is 21.8 Å². The van der Waals surface area contributed by atoms with Gasteiger partial charge in [0.1, 0.15) is 0 Å². The topological polar surface area (TPSA) is 24.1 Å². The Hall–Kier alpha value is -1.36. The van der Waals surface area contributed by atoms with Gasteiger partial charge in [-0.05, 0) is 62.8 Å². The van der Waals surface area contributed by atoms with Gasteiger partial charge in [-0.3, -0.25) is 0 Å². The molecule has 1 fully saturated rings. The van der Waals surface area contributed by atoms with Crippen molar-refractivity contribution in [1.29, 1.82) is 0 Å². The van der Waals surface area contributed by atoms with Gasteiger partial charge in [0.15, 0.2) is 0 Å². The van der Waals surface area contributed by atoms with Gasteiger partial charge in [0.2, 0.25) is 0 Å². The van der Waals surface area contributed by atoms with Crippen LogP contribution in [0.4, 0.5) is 26.3 Å². The normalized spacial score (nSPS) is 27.4. The summed E-state index contributed by atoms with van der Waals surface area (Å²) in [5, 5.41) is 7.08. The molecule has 2 atom stereocenters. The van der Waals surface area contributed by atoms with Gasteiger partial charge in [0.05, 0.1) is 11.1 Å². The highest BCUT2D eigenvalue weighted by Crippen LogP contribution is 2.66. The summed E-state index contributed by atoms with van der Waals surface area (Å²) in [5.41, 5.74) is -0.283. The third-order valence-electron chi connectivity index (χ3n) is 7.92. The van der Waals surface area contributed by atoms with E-state index in [0.717, 1.165) is 48.4 Å². The van der Waals surface area contributed by atoms with Gasteiger partial charge in [0, 0.05) is 44.7 Å². The van der Waals surface area contributed by atoms with Crippen LogP contribution in [0.25, 0.3) is 11.1 Å². The van der Waals surface area contributed by atoms with Crippen molar-refractivity contribution in [3.63, 3.8) is 0 Å². The smallest absolute Gasteiger partial charge is 0.308 e. The summed E-state index contributed by atoms with van der Waals surface area (Å²) in [4.78, 5) is 0.999. The van der Waals surface area contributed by atoms with E-state index < -0.39 is 28.9 Å². The van der Waals surface area contributed by atoms with Gasteiger partial charge in [-0.25, -0.2) is 0 Å². The molecular formula is C25H28F6N2S2. The zero-order valence-electron chi connectivity index (χ0n) is 20.0. The molecule has 0 radical (unpaired) electrons. The maximum atomic E-state index is 15.3. The van der Waals surface area contributed by atoms with E-state index in [1.165, 1.54) is 0 Å². The standard InChI is InChI=1S/C25H28F6N2S2/c1-11-15-9-32-17-7-5-6-8-18(17)33-10-16-12(2)22(35-14(16)4)20-19(21(11)34-13(15)3)23(26,27)25(30,31)24(20,28)29/h17-18,32-33H,5-10H2,1-4H3/t17-,18-/m0/s1. The molecule has 2 aromatic rings. The Morgan fingerprint density at radius 2 is 1.03 bits per heavy atom. The zero-order chi connectivity index (χ0) is 25.5. The molecule has 4 bridgehead atoms. The minimum absolute atomic E-state index is 0.168. The van der Waals surface area contributed by atoms with E-state index in [2.05, 4.69) is 10.6 Å². The maximum absolute atomic E-state index is 15.3. The first-order valence-electron chi connectivity index (χ1n) is 11.8. The number of alkyl halides is 6. The lowest BCUT2D eigenvalue weighted by Crippen LogP contribution is -2.49. The van der Waals surface area contributed by atoms with Crippen molar-refractivity contribution >= 4 is 33.8 Å². The third-order valence-corrected chi connectivity index (χ3v) is 10.4. The van der Waals surface area contributed by atoms with Gasteiger partial charge >= 0.3 is 17.8 Å². The largest absolute Gasteiger partial charge is 0.380 e. The molecule has 192 valence electrons. The summed E-state index contributed by atoms with van der Waals surface area (Å²) >= 11 is 1.81. The molecule has 1 aliphatic heterocycles. The molecule has 0 amide bonds. The fraction of sp³-hybridized carbons (Fsp3) is 0.600. The molecular weight excluding hydrogens is 506 g/mol. The molecule has 0 aromatic carbocycles. The number of rotatable bonds is 0. The number of aryl methyl sites for hydroxylation is 2. The Bertz CT molecular complexity index is 1120. The van der Waals surface area contributed by atoms with Crippen molar-refractivity contribution < 1.29 is 26.3 Å². The van der Waals surface area contributed by atoms with Gasteiger partial charge in [-0.15, -0.1) is 22.7 Å². The van der Waals surface area contributed by atoms with Gasteiger partial charge in [0.25, 0.3) is 0 Å². The molecule has 5 rings (SSSR count). The van der Waals surface area contributed by atoms with Gasteiger partial charge < -0.3 is 10.6 Å². The number of hydrogen-bond donors (Lipinski definition) is 2. The number of thiophene rings is 2. The van der Waals surface area contributed by atoms with Crippen LogP contribution < -0.4 is 10.6 Å². The second kappa shape index (κ2) is 8.33. The summed E-state index contributed by atoms with van der Waals surface area (Å²) in [6.45, 7) is 7.35. The van der Waals surface area contributed by atoms with E-state index in [1.807, 2.05) is 0 Å². The highest BCUT2D eigenvalue weighted by molar-refractivity contribution is 7.14. The lowest BCUT2D eigenvalue weighted by Gasteiger charge is -2.33. The molecule has 2 nitrogen and oxygen atoms in total. The van der Waals surface area contributed by atoms with Crippen LogP contribution in [0.2, 0.25) is 0 Å². The molecule has 0 unspecified atom stereocenters. The lowest BCUT2D eigenvalue weighted by molar-refractivity contribution is -0.254. The molecule has 0 saturated heterocycles. The van der Waals surface area contributed by atoms with Gasteiger partial charge in [-0.2, -0.15) is 26.3 Å². The Morgan fingerprint density at radius 1 is 0.657 bits per heavy atom.